The molecule has 0 unspecified atom stereocenters. The number of halogens is 4. The second-order valence-electron chi connectivity index (χ2n) is 6.30. The fraction of sp³-hybridized carbons (Fsp3) is 0.0909. The highest BCUT2D eigenvalue weighted by Gasteiger charge is 2.07. The number of nitrogens with one attached hydrogen (secondary N) is 1. The average Bonchev–Trinajstić information content (AvgIpc) is 2.70. The van der Waals surface area contributed by atoms with E-state index in [1.165, 1.54) is 18.3 Å². The highest BCUT2D eigenvalue weighted by atomic mass is 79.9. The van der Waals surface area contributed by atoms with Crippen LogP contribution in [0, 0.1) is 5.82 Å². The molecule has 0 spiro atoms. The van der Waals surface area contributed by atoms with Gasteiger partial charge in [-0.2, -0.15) is 5.10 Å². The van der Waals surface area contributed by atoms with Gasteiger partial charge in [-0.05, 0) is 48.0 Å². The van der Waals surface area contributed by atoms with Crippen molar-refractivity contribution in [3.63, 3.8) is 0 Å². The summed E-state index contributed by atoms with van der Waals surface area (Å²) < 4.78 is 19.7. The quantitative estimate of drug-likeness (QED) is 0.306. The van der Waals surface area contributed by atoms with Gasteiger partial charge in [0, 0.05) is 25.6 Å². The highest BCUT2D eigenvalue weighted by molar-refractivity contribution is 9.10. The molecule has 1 amide bonds. The van der Waals surface area contributed by atoms with E-state index in [-0.39, 0.29) is 24.8 Å². The maximum Gasteiger partial charge on any atom is 0.244 e. The molecule has 0 fully saturated rings. The van der Waals surface area contributed by atoms with Crippen LogP contribution >= 0.6 is 39.1 Å². The first-order chi connectivity index (χ1) is 14.4. The van der Waals surface area contributed by atoms with Crippen LogP contribution in [0.3, 0.4) is 0 Å². The van der Waals surface area contributed by atoms with Crippen LogP contribution in [0.4, 0.5) is 4.39 Å². The van der Waals surface area contributed by atoms with E-state index in [0.717, 1.165) is 10.0 Å². The van der Waals surface area contributed by atoms with Crippen LogP contribution in [0.25, 0.3) is 0 Å². The van der Waals surface area contributed by atoms with Gasteiger partial charge in [-0.3, -0.25) is 4.79 Å². The Morgan fingerprint density at radius 3 is 2.60 bits per heavy atom. The molecule has 154 valence electrons. The lowest BCUT2D eigenvalue weighted by molar-refractivity contribution is -0.120. The van der Waals surface area contributed by atoms with E-state index in [1.54, 1.807) is 36.4 Å². The third-order valence-corrected chi connectivity index (χ3v) is 5.12. The minimum atomic E-state index is -0.348. The topological polar surface area (TPSA) is 50.7 Å². The van der Waals surface area contributed by atoms with Gasteiger partial charge in [0.15, 0.2) is 0 Å². The van der Waals surface area contributed by atoms with Crippen molar-refractivity contribution in [2.24, 2.45) is 5.10 Å². The van der Waals surface area contributed by atoms with Gasteiger partial charge in [-0.15, -0.1) is 0 Å². The van der Waals surface area contributed by atoms with E-state index in [1.807, 2.05) is 12.1 Å². The molecule has 3 aromatic carbocycles. The van der Waals surface area contributed by atoms with E-state index in [0.29, 0.717) is 26.9 Å². The first-order valence-electron chi connectivity index (χ1n) is 8.83. The Hall–Kier alpha value is -2.41. The van der Waals surface area contributed by atoms with Crippen molar-refractivity contribution in [2.45, 2.75) is 13.0 Å². The van der Waals surface area contributed by atoms with Gasteiger partial charge >= 0.3 is 0 Å². The Labute approximate surface area is 191 Å². The summed E-state index contributed by atoms with van der Waals surface area (Å²) in [6.07, 6.45) is 1.58. The summed E-state index contributed by atoms with van der Waals surface area (Å²) in [5.41, 5.74) is 4.61. The molecule has 0 saturated carbocycles. The van der Waals surface area contributed by atoms with Crippen LogP contribution in [-0.4, -0.2) is 12.1 Å². The number of hydrogen-bond acceptors (Lipinski definition) is 3. The zero-order valence-corrected chi connectivity index (χ0v) is 18.6. The van der Waals surface area contributed by atoms with E-state index in [4.69, 9.17) is 27.9 Å². The number of hydrogen-bond donors (Lipinski definition) is 1. The second kappa shape index (κ2) is 10.6. The first-order valence-corrected chi connectivity index (χ1v) is 10.4. The summed E-state index contributed by atoms with van der Waals surface area (Å²) >= 11 is 15.5. The van der Waals surface area contributed by atoms with Gasteiger partial charge in [0.2, 0.25) is 5.91 Å². The highest BCUT2D eigenvalue weighted by Crippen LogP contribution is 2.25. The van der Waals surface area contributed by atoms with Crippen LogP contribution in [0.15, 0.2) is 70.2 Å². The molecule has 3 rings (SSSR count). The minimum Gasteiger partial charge on any atom is -0.488 e. The molecule has 0 aromatic heterocycles. The number of rotatable bonds is 7. The van der Waals surface area contributed by atoms with Crippen molar-refractivity contribution >= 4 is 51.3 Å². The van der Waals surface area contributed by atoms with Crippen molar-refractivity contribution < 1.29 is 13.9 Å². The average molecular weight is 510 g/mol. The molecule has 0 aliphatic rings. The number of hydrazone groups is 1. The molecule has 8 heteroatoms. The molecule has 0 radical (unpaired) electrons. The number of carbonyl (C=O) groups excluding carboxylic acids is 1. The Balaban J connectivity index is 1.64. The molecular weight excluding hydrogens is 494 g/mol. The summed E-state index contributed by atoms with van der Waals surface area (Å²) in [4.78, 5) is 12.0. The van der Waals surface area contributed by atoms with Crippen LogP contribution in [0.5, 0.6) is 5.75 Å². The lowest BCUT2D eigenvalue weighted by atomic mass is 10.1. The summed E-state index contributed by atoms with van der Waals surface area (Å²) in [7, 11) is 0. The number of benzene rings is 3. The summed E-state index contributed by atoms with van der Waals surface area (Å²) in [5, 5.41) is 5.07. The van der Waals surface area contributed by atoms with Gasteiger partial charge in [-0.25, -0.2) is 9.82 Å². The monoisotopic (exact) mass is 508 g/mol. The predicted octanol–water partition coefficient (Wildman–Crippen LogP) is 6.17. The Morgan fingerprint density at radius 2 is 1.87 bits per heavy atom. The molecule has 4 nitrogen and oxygen atoms in total. The summed E-state index contributed by atoms with van der Waals surface area (Å²) in [6.45, 7) is 0.245. The lowest BCUT2D eigenvalue weighted by Crippen LogP contribution is -2.19. The maximum absolute atomic E-state index is 12.9. The summed E-state index contributed by atoms with van der Waals surface area (Å²) in [6, 6.07) is 16.4. The molecule has 0 atom stereocenters. The fourth-order valence-electron chi connectivity index (χ4n) is 2.55. The smallest absolute Gasteiger partial charge is 0.244 e. The van der Waals surface area contributed by atoms with Crippen molar-refractivity contribution in [1.29, 1.82) is 0 Å². The third-order valence-electron chi connectivity index (χ3n) is 4.04. The van der Waals surface area contributed by atoms with Gasteiger partial charge in [0.05, 0.1) is 12.6 Å². The molecule has 3 aromatic rings. The number of nitrogens with zero attached hydrogens (tertiary/aromatic N) is 1. The van der Waals surface area contributed by atoms with Crippen molar-refractivity contribution in [3.8, 4) is 5.75 Å². The minimum absolute atomic E-state index is 0.0918. The largest absolute Gasteiger partial charge is 0.488 e. The molecule has 0 heterocycles. The molecular formula is C22H16BrCl2FN2O2. The zero-order chi connectivity index (χ0) is 21.5. The van der Waals surface area contributed by atoms with E-state index in [9.17, 15) is 9.18 Å². The molecule has 1 N–H and O–H groups in total. The first kappa shape index (κ1) is 22.3. The van der Waals surface area contributed by atoms with Crippen molar-refractivity contribution in [3.05, 3.63) is 97.7 Å². The van der Waals surface area contributed by atoms with E-state index >= 15 is 0 Å². The number of carbonyl (C=O) groups is 1. The van der Waals surface area contributed by atoms with Crippen LogP contribution in [-0.2, 0) is 17.8 Å². The van der Waals surface area contributed by atoms with Crippen LogP contribution < -0.4 is 10.2 Å². The maximum atomic E-state index is 12.9. The zero-order valence-electron chi connectivity index (χ0n) is 15.5. The SMILES string of the molecule is O=C(Cc1ccc(F)cc1)N/N=C/c1cc(Br)ccc1OCc1ccc(Cl)cc1Cl. The van der Waals surface area contributed by atoms with Crippen molar-refractivity contribution in [1.82, 2.24) is 5.43 Å². The fourth-order valence-corrected chi connectivity index (χ4v) is 3.39. The third kappa shape index (κ3) is 6.55. The normalized spacial score (nSPS) is 10.9. The Kier molecular flexibility index (Phi) is 7.85. The Bertz CT molecular complexity index is 1080. The van der Waals surface area contributed by atoms with E-state index < -0.39 is 0 Å². The molecule has 0 saturated heterocycles. The van der Waals surface area contributed by atoms with Crippen LogP contribution in [0.1, 0.15) is 16.7 Å². The van der Waals surface area contributed by atoms with Gasteiger partial charge in [0.1, 0.15) is 18.2 Å². The number of ether oxygens (including phenoxy) is 1. The van der Waals surface area contributed by atoms with Gasteiger partial charge in [0.25, 0.3) is 0 Å². The van der Waals surface area contributed by atoms with Gasteiger partial charge in [-0.1, -0.05) is 57.3 Å². The molecule has 0 aliphatic heterocycles. The van der Waals surface area contributed by atoms with Crippen molar-refractivity contribution in [2.75, 3.05) is 0 Å². The summed E-state index contributed by atoms with van der Waals surface area (Å²) in [5.74, 6) is -0.0942. The van der Waals surface area contributed by atoms with Crippen LogP contribution in [0.2, 0.25) is 10.0 Å². The Morgan fingerprint density at radius 1 is 1.10 bits per heavy atom. The lowest BCUT2D eigenvalue weighted by Gasteiger charge is -2.11. The van der Waals surface area contributed by atoms with E-state index in [2.05, 4.69) is 26.5 Å². The molecule has 0 aliphatic carbocycles. The number of amides is 1. The standard InChI is InChI=1S/C22H16BrCl2FN2O2/c23-17-4-8-21(30-13-15-3-5-18(24)11-20(15)25)16(10-17)12-27-28-22(29)9-14-1-6-19(26)7-2-14/h1-8,10-12H,9,13H2,(H,28,29)/b27-12+. The predicted molar refractivity (Wildman–Crippen MR) is 121 cm³/mol. The van der Waals surface area contributed by atoms with Gasteiger partial charge < -0.3 is 4.74 Å². The molecule has 0 bridgehead atoms. The molecule has 30 heavy (non-hydrogen) atoms. The second-order valence-corrected chi connectivity index (χ2v) is 8.06.